The first-order chi connectivity index (χ1) is 11.6. The Morgan fingerprint density at radius 1 is 1.29 bits per heavy atom. The summed E-state index contributed by atoms with van der Waals surface area (Å²) >= 11 is 0. The first-order valence-corrected chi connectivity index (χ1v) is 8.65. The normalized spacial score (nSPS) is 19.3. The third kappa shape index (κ3) is 4.10. The highest BCUT2D eigenvalue weighted by Crippen LogP contribution is 2.19. The summed E-state index contributed by atoms with van der Waals surface area (Å²) in [6, 6.07) is 10.4. The van der Waals surface area contributed by atoms with Gasteiger partial charge in [-0.1, -0.05) is 18.2 Å². The standard InChI is InChI=1S/C19H26N4O/c1-14-7-8-16(11-15(14)2)18(24)12-20-17-5-4-10-23(13-17)19-6-3-9-21-22-19/h3,6-9,11,17-18,20,24H,4-5,10,12-13H2,1-2H3/t17-,18-/m0/s1. The fourth-order valence-corrected chi connectivity index (χ4v) is 3.18. The lowest BCUT2D eigenvalue weighted by molar-refractivity contribution is 0.168. The van der Waals surface area contributed by atoms with Crippen LogP contribution < -0.4 is 10.2 Å². The van der Waals surface area contributed by atoms with Crippen molar-refractivity contribution >= 4 is 5.82 Å². The van der Waals surface area contributed by atoms with Gasteiger partial charge in [-0.05, 0) is 55.5 Å². The molecule has 0 unspecified atom stereocenters. The van der Waals surface area contributed by atoms with Crippen molar-refractivity contribution in [1.29, 1.82) is 0 Å². The van der Waals surface area contributed by atoms with Gasteiger partial charge in [0, 0.05) is 31.9 Å². The molecule has 24 heavy (non-hydrogen) atoms. The molecule has 2 atom stereocenters. The van der Waals surface area contributed by atoms with E-state index >= 15 is 0 Å². The highest BCUT2D eigenvalue weighted by molar-refractivity contribution is 5.37. The van der Waals surface area contributed by atoms with Crippen molar-refractivity contribution in [3.8, 4) is 0 Å². The number of aryl methyl sites for hydroxylation is 2. The molecule has 1 aliphatic heterocycles. The van der Waals surface area contributed by atoms with E-state index in [9.17, 15) is 5.11 Å². The Kier molecular flexibility index (Phi) is 5.43. The van der Waals surface area contributed by atoms with E-state index in [1.54, 1.807) is 6.20 Å². The van der Waals surface area contributed by atoms with Gasteiger partial charge >= 0.3 is 0 Å². The summed E-state index contributed by atoms with van der Waals surface area (Å²) in [5.74, 6) is 0.929. The van der Waals surface area contributed by atoms with Gasteiger partial charge in [0.25, 0.3) is 0 Å². The molecule has 5 heteroatoms. The molecule has 0 aliphatic carbocycles. The molecule has 1 aliphatic rings. The number of aromatic nitrogens is 2. The molecule has 3 rings (SSSR count). The number of anilines is 1. The zero-order chi connectivity index (χ0) is 16.9. The average molecular weight is 326 g/mol. The van der Waals surface area contributed by atoms with Gasteiger partial charge < -0.3 is 15.3 Å². The van der Waals surface area contributed by atoms with Crippen LogP contribution in [-0.4, -0.2) is 41.0 Å². The Morgan fingerprint density at radius 3 is 2.92 bits per heavy atom. The second kappa shape index (κ2) is 7.73. The molecular weight excluding hydrogens is 300 g/mol. The van der Waals surface area contributed by atoms with E-state index in [0.29, 0.717) is 12.6 Å². The van der Waals surface area contributed by atoms with Crippen LogP contribution in [0, 0.1) is 13.8 Å². The second-order valence-corrected chi connectivity index (χ2v) is 6.63. The minimum atomic E-state index is -0.476. The summed E-state index contributed by atoms with van der Waals surface area (Å²) in [5, 5.41) is 22.1. The first kappa shape index (κ1) is 16.9. The van der Waals surface area contributed by atoms with Crippen LogP contribution in [0.2, 0.25) is 0 Å². The van der Waals surface area contributed by atoms with Gasteiger partial charge in [0.05, 0.1) is 6.10 Å². The first-order valence-electron chi connectivity index (χ1n) is 8.65. The average Bonchev–Trinajstić information content (AvgIpc) is 2.63. The fourth-order valence-electron chi connectivity index (χ4n) is 3.18. The third-order valence-electron chi connectivity index (χ3n) is 4.82. The van der Waals surface area contributed by atoms with Crippen LogP contribution in [0.3, 0.4) is 0 Å². The van der Waals surface area contributed by atoms with E-state index in [1.165, 1.54) is 11.1 Å². The summed E-state index contributed by atoms with van der Waals surface area (Å²) in [5.41, 5.74) is 3.45. The van der Waals surface area contributed by atoms with Crippen LogP contribution in [0.4, 0.5) is 5.82 Å². The smallest absolute Gasteiger partial charge is 0.151 e. The molecule has 2 aromatic rings. The molecule has 0 radical (unpaired) electrons. The van der Waals surface area contributed by atoms with E-state index in [2.05, 4.69) is 46.4 Å². The predicted octanol–water partition coefficient (Wildman–Crippen LogP) is 2.39. The highest BCUT2D eigenvalue weighted by atomic mass is 16.3. The van der Waals surface area contributed by atoms with E-state index in [0.717, 1.165) is 37.3 Å². The maximum Gasteiger partial charge on any atom is 0.151 e. The van der Waals surface area contributed by atoms with E-state index in [-0.39, 0.29) is 0 Å². The van der Waals surface area contributed by atoms with Gasteiger partial charge in [-0.2, -0.15) is 5.10 Å². The van der Waals surface area contributed by atoms with E-state index in [4.69, 9.17) is 0 Å². The monoisotopic (exact) mass is 326 g/mol. The van der Waals surface area contributed by atoms with Crippen LogP contribution in [-0.2, 0) is 0 Å². The molecule has 2 N–H and O–H groups in total. The van der Waals surface area contributed by atoms with Crippen molar-refractivity contribution in [2.45, 2.75) is 38.8 Å². The Morgan fingerprint density at radius 2 is 2.17 bits per heavy atom. The van der Waals surface area contributed by atoms with Gasteiger partial charge in [0.2, 0.25) is 0 Å². The minimum Gasteiger partial charge on any atom is -0.387 e. The summed E-state index contributed by atoms with van der Waals surface area (Å²) in [6.45, 7) is 6.65. The van der Waals surface area contributed by atoms with Crippen molar-refractivity contribution in [2.75, 3.05) is 24.5 Å². The van der Waals surface area contributed by atoms with Crippen LogP contribution in [0.5, 0.6) is 0 Å². The second-order valence-electron chi connectivity index (χ2n) is 6.63. The SMILES string of the molecule is Cc1ccc([C@@H](O)CN[C@H]2CCCN(c3cccnn3)C2)cc1C. The molecule has 128 valence electrons. The Balaban J connectivity index is 1.55. The van der Waals surface area contributed by atoms with Gasteiger partial charge in [0.1, 0.15) is 0 Å². The van der Waals surface area contributed by atoms with Gasteiger partial charge in [-0.25, -0.2) is 0 Å². The van der Waals surface area contributed by atoms with Crippen LogP contribution in [0.1, 0.15) is 35.6 Å². The van der Waals surface area contributed by atoms with Gasteiger partial charge in [-0.15, -0.1) is 5.10 Å². The van der Waals surface area contributed by atoms with Crippen LogP contribution in [0.25, 0.3) is 0 Å². The van der Waals surface area contributed by atoms with Crippen molar-refractivity contribution in [3.63, 3.8) is 0 Å². The zero-order valence-electron chi connectivity index (χ0n) is 14.4. The van der Waals surface area contributed by atoms with Crippen LogP contribution >= 0.6 is 0 Å². The molecule has 1 fully saturated rings. The predicted molar refractivity (Wildman–Crippen MR) is 96.1 cm³/mol. The van der Waals surface area contributed by atoms with Crippen molar-refractivity contribution < 1.29 is 5.11 Å². The molecule has 0 amide bonds. The lowest BCUT2D eigenvalue weighted by Gasteiger charge is -2.34. The molecule has 1 aromatic carbocycles. The molecule has 1 aromatic heterocycles. The number of benzene rings is 1. The summed E-state index contributed by atoms with van der Waals surface area (Å²) in [4.78, 5) is 2.26. The number of aliphatic hydroxyl groups is 1. The molecule has 0 spiro atoms. The van der Waals surface area contributed by atoms with E-state index in [1.807, 2.05) is 18.2 Å². The lowest BCUT2D eigenvalue weighted by Crippen LogP contribution is -2.47. The number of nitrogens with one attached hydrogen (secondary N) is 1. The topological polar surface area (TPSA) is 61.3 Å². The van der Waals surface area contributed by atoms with Crippen LogP contribution in [0.15, 0.2) is 36.5 Å². The molecule has 2 heterocycles. The Labute approximate surface area is 143 Å². The largest absolute Gasteiger partial charge is 0.387 e. The Hall–Kier alpha value is -1.98. The van der Waals surface area contributed by atoms with Crippen molar-refractivity contribution in [3.05, 3.63) is 53.2 Å². The Bertz CT molecular complexity index is 662. The minimum absolute atomic E-state index is 0.363. The number of piperidine rings is 1. The number of rotatable bonds is 5. The molecule has 0 bridgehead atoms. The molecule has 5 nitrogen and oxygen atoms in total. The number of hydrogen-bond donors (Lipinski definition) is 2. The summed E-state index contributed by atoms with van der Waals surface area (Å²) in [7, 11) is 0. The lowest BCUT2D eigenvalue weighted by atomic mass is 10.0. The van der Waals surface area contributed by atoms with Crippen molar-refractivity contribution in [2.24, 2.45) is 0 Å². The van der Waals surface area contributed by atoms with Gasteiger partial charge in [-0.3, -0.25) is 0 Å². The van der Waals surface area contributed by atoms with Gasteiger partial charge in [0.15, 0.2) is 5.82 Å². The highest BCUT2D eigenvalue weighted by Gasteiger charge is 2.21. The number of nitrogens with zero attached hydrogens (tertiary/aromatic N) is 3. The van der Waals surface area contributed by atoms with E-state index < -0.39 is 6.10 Å². The quantitative estimate of drug-likeness (QED) is 0.883. The summed E-state index contributed by atoms with van der Waals surface area (Å²) in [6.07, 6.45) is 3.46. The zero-order valence-corrected chi connectivity index (χ0v) is 14.4. The number of hydrogen-bond acceptors (Lipinski definition) is 5. The van der Waals surface area contributed by atoms with Crippen molar-refractivity contribution in [1.82, 2.24) is 15.5 Å². The molecular formula is C19H26N4O. The maximum atomic E-state index is 10.5. The maximum absolute atomic E-state index is 10.5. The third-order valence-corrected chi connectivity index (χ3v) is 4.82. The fraction of sp³-hybridized carbons (Fsp3) is 0.474. The summed E-state index contributed by atoms with van der Waals surface area (Å²) < 4.78 is 0. The molecule has 0 saturated carbocycles. The molecule has 1 saturated heterocycles. The number of aliphatic hydroxyl groups excluding tert-OH is 1.